The van der Waals surface area contributed by atoms with Crippen LogP contribution in [0.2, 0.25) is 0 Å². The van der Waals surface area contributed by atoms with Gasteiger partial charge < -0.3 is 20.2 Å². The normalized spacial score (nSPS) is 20.0. The van der Waals surface area contributed by atoms with Crippen LogP contribution >= 0.6 is 0 Å². The third kappa shape index (κ3) is 7.93. The number of likely N-dealkylation sites (tertiary alicyclic amines) is 1. The fourth-order valence-corrected chi connectivity index (χ4v) is 8.89. The molecule has 14 heteroatoms. The minimum Gasteiger partial charge on any atom is -0.386 e. The van der Waals surface area contributed by atoms with Crippen LogP contribution in [0.1, 0.15) is 114 Å². The molecule has 3 saturated heterocycles. The van der Waals surface area contributed by atoms with Crippen molar-refractivity contribution in [2.75, 3.05) is 42.9 Å². The van der Waals surface area contributed by atoms with E-state index in [1.807, 2.05) is 37.4 Å². The van der Waals surface area contributed by atoms with E-state index in [1.54, 1.807) is 38.1 Å². The molecule has 4 aliphatic heterocycles. The molecule has 57 heavy (non-hydrogen) atoms. The molecule has 2 aromatic heterocycles. The van der Waals surface area contributed by atoms with Crippen LogP contribution < -0.4 is 15.5 Å². The summed E-state index contributed by atoms with van der Waals surface area (Å²) >= 11 is 0. The summed E-state index contributed by atoms with van der Waals surface area (Å²) < 4.78 is 2.06. The largest absolute Gasteiger partial charge is 0.386 e. The van der Waals surface area contributed by atoms with Crippen LogP contribution in [0.25, 0.3) is 10.9 Å². The number of pyridine rings is 1. The Morgan fingerprint density at radius 1 is 0.930 bits per heavy atom. The number of aromatic nitrogens is 3. The Balaban J connectivity index is 0.808. The molecule has 0 radical (unpaired) electrons. The van der Waals surface area contributed by atoms with E-state index < -0.39 is 29.4 Å². The number of anilines is 2. The number of hydrogen-bond acceptors (Lipinski definition) is 10. The number of nitrogens with zero attached hydrogens (tertiary/aromatic N) is 6. The van der Waals surface area contributed by atoms with Crippen LogP contribution in [-0.2, 0) is 15.2 Å². The second-order valence-electron chi connectivity index (χ2n) is 16.6. The second-order valence-corrected chi connectivity index (χ2v) is 16.6. The lowest BCUT2D eigenvalue weighted by Gasteiger charge is -2.35. The molecule has 4 aliphatic rings. The van der Waals surface area contributed by atoms with Gasteiger partial charge >= 0.3 is 0 Å². The molecule has 0 bridgehead atoms. The molecule has 0 aliphatic carbocycles. The zero-order valence-corrected chi connectivity index (χ0v) is 32.8. The Morgan fingerprint density at radius 2 is 1.68 bits per heavy atom. The van der Waals surface area contributed by atoms with Crippen LogP contribution in [0.15, 0.2) is 54.7 Å². The van der Waals surface area contributed by atoms with Crippen molar-refractivity contribution in [3.8, 4) is 0 Å². The molecule has 298 valence electrons. The zero-order chi connectivity index (χ0) is 40.0. The first-order chi connectivity index (χ1) is 27.3. The summed E-state index contributed by atoms with van der Waals surface area (Å²) in [4.78, 5) is 73.8. The summed E-state index contributed by atoms with van der Waals surface area (Å²) in [5.74, 6) is -1.64. The molecule has 4 aromatic rings. The maximum Gasteiger partial charge on any atom is 0.274 e. The number of hydrogen-bond donors (Lipinski definition) is 3. The van der Waals surface area contributed by atoms with Crippen LogP contribution in [0.5, 0.6) is 0 Å². The predicted octanol–water partition coefficient (Wildman–Crippen LogP) is 4.95. The first-order valence-electron chi connectivity index (χ1n) is 20.2. The van der Waals surface area contributed by atoms with Crippen molar-refractivity contribution < 1.29 is 29.1 Å². The van der Waals surface area contributed by atoms with Crippen molar-refractivity contribution in [3.05, 3.63) is 82.8 Å². The number of imide groups is 2. The zero-order valence-electron chi connectivity index (χ0n) is 32.8. The van der Waals surface area contributed by atoms with Crippen molar-refractivity contribution in [1.29, 1.82) is 0 Å². The van der Waals surface area contributed by atoms with Gasteiger partial charge in [0.2, 0.25) is 11.8 Å². The van der Waals surface area contributed by atoms with E-state index in [4.69, 9.17) is 5.10 Å². The lowest BCUT2D eigenvalue weighted by molar-refractivity contribution is -0.136. The fourth-order valence-electron chi connectivity index (χ4n) is 8.89. The van der Waals surface area contributed by atoms with Gasteiger partial charge in [-0.2, -0.15) is 5.10 Å². The number of fused-ring (bicyclic) bond motifs is 2. The van der Waals surface area contributed by atoms with Crippen LogP contribution in [0.3, 0.4) is 0 Å². The van der Waals surface area contributed by atoms with E-state index >= 15 is 0 Å². The van der Waals surface area contributed by atoms with Gasteiger partial charge in [-0.25, -0.2) is 4.98 Å². The predicted molar refractivity (Wildman–Crippen MR) is 214 cm³/mol. The minimum absolute atomic E-state index is 0.0967. The number of aliphatic hydroxyl groups is 1. The summed E-state index contributed by atoms with van der Waals surface area (Å²) in [6, 6.07) is 13.8. The summed E-state index contributed by atoms with van der Waals surface area (Å²) in [5, 5.41) is 22.1. The van der Waals surface area contributed by atoms with Gasteiger partial charge in [-0.3, -0.25) is 38.9 Å². The monoisotopic (exact) mass is 774 g/mol. The fraction of sp³-hybridized carbons (Fsp3) is 0.465. The SMILES string of the molecule is Cc1cccc(C(=O)Nc2cc3cn(C4CCN(CCCC5CCN(c6ccc7c(c6)C(=O)N(C6CCC(=O)NC6=O)C7=O)CC5)CC4)nc3cc2C(C)(C)O)n1. The number of rotatable bonds is 10. The van der Waals surface area contributed by atoms with Gasteiger partial charge in [0.15, 0.2) is 0 Å². The lowest BCUT2D eigenvalue weighted by atomic mass is 9.91. The maximum atomic E-state index is 13.3. The summed E-state index contributed by atoms with van der Waals surface area (Å²) in [6.45, 7) is 10.1. The molecular formula is C43H50N8O6. The van der Waals surface area contributed by atoms with E-state index in [0.717, 1.165) is 92.0 Å². The summed E-state index contributed by atoms with van der Waals surface area (Å²) in [7, 11) is 0. The number of carbonyl (C=O) groups excluding carboxylic acids is 5. The average molecular weight is 775 g/mol. The van der Waals surface area contributed by atoms with Crippen molar-refractivity contribution in [1.82, 2.24) is 29.9 Å². The Bertz CT molecular complexity index is 2250. The number of piperidine rings is 3. The summed E-state index contributed by atoms with van der Waals surface area (Å²) in [5.41, 5.74) is 3.33. The first kappa shape index (κ1) is 38.4. The van der Waals surface area contributed by atoms with Crippen molar-refractivity contribution in [2.45, 2.75) is 89.8 Å². The molecule has 1 unspecified atom stereocenters. The molecule has 3 fully saturated rings. The molecule has 0 saturated carbocycles. The number of amides is 5. The van der Waals surface area contributed by atoms with E-state index in [9.17, 15) is 29.1 Å². The smallest absolute Gasteiger partial charge is 0.274 e. The van der Waals surface area contributed by atoms with E-state index in [-0.39, 0.29) is 30.7 Å². The molecule has 8 rings (SSSR count). The second kappa shape index (κ2) is 15.5. The maximum absolute atomic E-state index is 13.3. The van der Waals surface area contributed by atoms with Crippen LogP contribution in [0.4, 0.5) is 11.4 Å². The van der Waals surface area contributed by atoms with Crippen molar-refractivity contribution >= 4 is 51.8 Å². The number of carbonyl (C=O) groups is 5. The number of aryl methyl sites for hydroxylation is 1. The van der Waals surface area contributed by atoms with E-state index in [1.165, 1.54) is 6.42 Å². The third-order valence-corrected chi connectivity index (χ3v) is 12.1. The van der Waals surface area contributed by atoms with E-state index in [2.05, 4.69) is 30.1 Å². The minimum atomic E-state index is -1.19. The molecule has 6 heterocycles. The molecule has 3 N–H and O–H groups in total. The molecule has 5 amide bonds. The Kier molecular flexibility index (Phi) is 10.4. The summed E-state index contributed by atoms with van der Waals surface area (Å²) in [6.07, 6.45) is 8.70. The van der Waals surface area contributed by atoms with Crippen molar-refractivity contribution in [2.24, 2.45) is 5.92 Å². The highest BCUT2D eigenvalue weighted by molar-refractivity contribution is 6.23. The highest BCUT2D eigenvalue weighted by Gasteiger charge is 2.45. The first-order valence-corrected chi connectivity index (χ1v) is 20.2. The van der Waals surface area contributed by atoms with Gasteiger partial charge in [-0.05, 0) is 121 Å². The standard InChI is InChI=1S/C43H50N8O6/c1-26-6-4-8-34(44-26)39(53)45-36-22-28-25-50(47-35(28)24-33(36)43(2,3)57)29-15-18-48(19-16-29)17-5-7-27-13-20-49(21-14-27)30-9-10-31-32(23-30)42(56)51(41(31)55)37-11-12-38(52)46-40(37)54/h4,6,8-10,22-25,27,29,37,57H,5,7,11-21H2,1-3H3,(H,45,53)(H,46,52,54). The highest BCUT2D eigenvalue weighted by Crippen LogP contribution is 2.35. The van der Waals surface area contributed by atoms with Gasteiger partial charge in [0, 0.05) is 66.8 Å². The Labute approximate surface area is 331 Å². The molecule has 14 nitrogen and oxygen atoms in total. The topological polar surface area (TPSA) is 170 Å². The van der Waals surface area contributed by atoms with Gasteiger partial charge in [0.25, 0.3) is 17.7 Å². The number of nitrogens with one attached hydrogen (secondary N) is 2. The van der Waals surface area contributed by atoms with Crippen LogP contribution in [-0.4, -0.2) is 98.0 Å². The number of benzene rings is 2. The lowest BCUT2D eigenvalue weighted by Crippen LogP contribution is -2.54. The van der Waals surface area contributed by atoms with Crippen LogP contribution in [0, 0.1) is 12.8 Å². The third-order valence-electron chi connectivity index (χ3n) is 12.1. The van der Waals surface area contributed by atoms with Gasteiger partial charge in [0.05, 0.1) is 28.3 Å². The highest BCUT2D eigenvalue weighted by atomic mass is 16.3. The Hall–Kier alpha value is -5.47. The molecule has 2 aromatic carbocycles. The Morgan fingerprint density at radius 3 is 2.40 bits per heavy atom. The van der Waals surface area contributed by atoms with Gasteiger partial charge in [-0.15, -0.1) is 0 Å². The molecule has 0 spiro atoms. The molecule has 1 atom stereocenters. The average Bonchev–Trinajstić information content (AvgIpc) is 3.71. The van der Waals surface area contributed by atoms with Gasteiger partial charge in [0.1, 0.15) is 11.7 Å². The quantitative estimate of drug-likeness (QED) is 0.187. The van der Waals surface area contributed by atoms with Gasteiger partial charge in [-0.1, -0.05) is 6.07 Å². The van der Waals surface area contributed by atoms with E-state index in [0.29, 0.717) is 34.0 Å². The van der Waals surface area contributed by atoms with Crippen molar-refractivity contribution in [3.63, 3.8) is 0 Å². The molecular weight excluding hydrogens is 725 g/mol.